The van der Waals surface area contributed by atoms with E-state index in [0.717, 1.165) is 17.1 Å². The average Bonchev–Trinajstić information content (AvgIpc) is 2.36. The van der Waals surface area contributed by atoms with E-state index >= 15 is 0 Å². The van der Waals surface area contributed by atoms with Crippen LogP contribution in [0.5, 0.6) is 0 Å². The normalized spacial score (nSPS) is 21.0. The Labute approximate surface area is 75.3 Å². The fraction of sp³-hybridized carbons (Fsp3) is 0.500. The van der Waals surface area contributed by atoms with E-state index < -0.39 is 24.0 Å². The minimum atomic E-state index is -1.43. The molecule has 1 aliphatic rings. The van der Waals surface area contributed by atoms with Gasteiger partial charge in [0.15, 0.2) is 0 Å². The molecule has 1 rings (SSSR count). The molecule has 0 aliphatic carbocycles. The number of nitrogens with zero attached hydrogens (tertiary/aromatic N) is 1. The van der Waals surface area contributed by atoms with Gasteiger partial charge in [0.1, 0.15) is 5.60 Å². The monoisotopic (exact) mass is 185 g/mol. The van der Waals surface area contributed by atoms with Crippen molar-refractivity contribution in [2.45, 2.75) is 12.5 Å². The summed E-state index contributed by atoms with van der Waals surface area (Å²) in [5.41, 5.74) is -1.43. The van der Waals surface area contributed by atoms with Crippen molar-refractivity contribution in [2.24, 2.45) is 0 Å². The van der Waals surface area contributed by atoms with Crippen molar-refractivity contribution in [2.75, 3.05) is 13.2 Å². The molecule has 0 aromatic rings. The molecule has 0 spiro atoms. The van der Waals surface area contributed by atoms with Gasteiger partial charge >= 0.3 is 0 Å². The van der Waals surface area contributed by atoms with Crippen molar-refractivity contribution in [3.05, 3.63) is 12.2 Å². The quantitative estimate of drug-likeness (QED) is 0.533. The topological polar surface area (TPSA) is 77.8 Å². The molecule has 0 radical (unpaired) electrons. The molecule has 0 saturated heterocycles. The van der Waals surface area contributed by atoms with Crippen LogP contribution in [0.15, 0.2) is 12.2 Å². The summed E-state index contributed by atoms with van der Waals surface area (Å²) in [7, 11) is 0. The molecule has 0 bridgehead atoms. The summed E-state index contributed by atoms with van der Waals surface area (Å²) in [5, 5.41) is 18.1. The summed E-state index contributed by atoms with van der Waals surface area (Å²) in [6.45, 7) is 0.671. The minimum absolute atomic E-state index is 0.186. The summed E-state index contributed by atoms with van der Waals surface area (Å²) in [5.74, 6) is -0.919. The van der Waals surface area contributed by atoms with Gasteiger partial charge in [-0.2, -0.15) is 0 Å². The third-order valence-electron chi connectivity index (χ3n) is 1.74. The number of hydrogen-bond acceptors (Lipinski definition) is 4. The van der Waals surface area contributed by atoms with Gasteiger partial charge in [0.2, 0.25) is 0 Å². The van der Waals surface area contributed by atoms with Crippen LogP contribution >= 0.6 is 0 Å². The van der Waals surface area contributed by atoms with Crippen LogP contribution < -0.4 is 0 Å². The maximum atomic E-state index is 11.0. The highest BCUT2D eigenvalue weighted by molar-refractivity contribution is 6.12. The Morgan fingerprint density at radius 1 is 1.38 bits per heavy atom. The number of carbonyl (C=O) groups excluding carboxylic acids is 2. The molecule has 72 valence electrons. The molecule has 2 N–H and O–H groups in total. The van der Waals surface area contributed by atoms with Crippen LogP contribution in [0.4, 0.5) is 0 Å². The van der Waals surface area contributed by atoms with Crippen molar-refractivity contribution in [3.63, 3.8) is 0 Å². The number of carbonyl (C=O) groups is 2. The molecule has 1 unspecified atom stereocenters. The molecule has 5 heteroatoms. The van der Waals surface area contributed by atoms with Crippen LogP contribution in [0.1, 0.15) is 6.92 Å². The van der Waals surface area contributed by atoms with Crippen molar-refractivity contribution in [1.29, 1.82) is 0 Å². The summed E-state index contributed by atoms with van der Waals surface area (Å²) in [6, 6.07) is 0. The molecule has 1 aliphatic heterocycles. The summed E-state index contributed by atoms with van der Waals surface area (Å²) < 4.78 is 0. The first-order valence-electron chi connectivity index (χ1n) is 3.83. The van der Waals surface area contributed by atoms with Crippen LogP contribution in [0.3, 0.4) is 0 Å². The Bertz CT molecular complexity index is 251. The Morgan fingerprint density at radius 3 is 2.23 bits per heavy atom. The fourth-order valence-corrected chi connectivity index (χ4v) is 0.978. The van der Waals surface area contributed by atoms with Gasteiger partial charge in [-0.25, -0.2) is 0 Å². The van der Waals surface area contributed by atoms with E-state index in [2.05, 4.69) is 0 Å². The van der Waals surface area contributed by atoms with E-state index in [4.69, 9.17) is 5.11 Å². The number of rotatable bonds is 3. The lowest BCUT2D eigenvalue weighted by atomic mass is 10.1. The number of aliphatic hydroxyl groups is 2. The smallest absolute Gasteiger partial charge is 0.253 e. The zero-order chi connectivity index (χ0) is 10.1. The highest BCUT2D eigenvalue weighted by Gasteiger charge is 2.31. The predicted octanol–water partition coefficient (Wildman–Crippen LogP) is -1.35. The van der Waals surface area contributed by atoms with Crippen molar-refractivity contribution in [3.8, 4) is 0 Å². The van der Waals surface area contributed by atoms with Gasteiger partial charge in [-0.05, 0) is 6.92 Å². The number of hydrogen-bond donors (Lipinski definition) is 2. The molecule has 0 saturated carbocycles. The lowest BCUT2D eigenvalue weighted by molar-refractivity contribution is -0.141. The summed E-state index contributed by atoms with van der Waals surface area (Å²) in [6.07, 6.45) is 2.27. The SMILES string of the molecule is CC(O)(CO)CN1C(=O)C=CC1=O. The first-order chi connectivity index (χ1) is 5.96. The Hall–Kier alpha value is -1.20. The fourth-order valence-electron chi connectivity index (χ4n) is 0.978. The largest absolute Gasteiger partial charge is 0.393 e. The van der Waals surface area contributed by atoms with Gasteiger partial charge < -0.3 is 10.2 Å². The van der Waals surface area contributed by atoms with E-state index in [-0.39, 0.29) is 6.54 Å². The minimum Gasteiger partial charge on any atom is -0.393 e. The lowest BCUT2D eigenvalue weighted by Crippen LogP contribution is -2.46. The summed E-state index contributed by atoms with van der Waals surface area (Å²) in [4.78, 5) is 22.9. The third-order valence-corrected chi connectivity index (χ3v) is 1.74. The predicted molar refractivity (Wildman–Crippen MR) is 43.6 cm³/mol. The van der Waals surface area contributed by atoms with E-state index in [1.165, 1.54) is 6.92 Å². The number of β-amino-alcohol motifs (C(OH)–C–C–N with tert-alkyl or cyclic N) is 1. The standard InChI is InChI=1S/C8H11NO4/c1-8(13,5-10)4-9-6(11)2-3-7(9)12/h2-3,10,13H,4-5H2,1H3. The molecule has 1 heterocycles. The van der Waals surface area contributed by atoms with Gasteiger partial charge in [-0.15, -0.1) is 0 Å². The van der Waals surface area contributed by atoms with E-state index in [1.54, 1.807) is 0 Å². The van der Waals surface area contributed by atoms with Crippen molar-refractivity contribution >= 4 is 11.8 Å². The summed E-state index contributed by atoms with van der Waals surface area (Å²) >= 11 is 0. The van der Waals surface area contributed by atoms with Crippen LogP contribution in [-0.4, -0.2) is 45.7 Å². The highest BCUT2D eigenvalue weighted by Crippen LogP contribution is 2.10. The lowest BCUT2D eigenvalue weighted by Gasteiger charge is -2.25. The van der Waals surface area contributed by atoms with Gasteiger partial charge in [0.05, 0.1) is 13.2 Å². The zero-order valence-electron chi connectivity index (χ0n) is 7.23. The first-order valence-corrected chi connectivity index (χ1v) is 3.83. The molecule has 13 heavy (non-hydrogen) atoms. The van der Waals surface area contributed by atoms with Gasteiger partial charge in [0.25, 0.3) is 11.8 Å². The van der Waals surface area contributed by atoms with Crippen LogP contribution in [0, 0.1) is 0 Å². The molecule has 5 nitrogen and oxygen atoms in total. The maximum absolute atomic E-state index is 11.0. The molecular formula is C8H11NO4. The second kappa shape index (κ2) is 3.27. The highest BCUT2D eigenvalue weighted by atomic mass is 16.3. The van der Waals surface area contributed by atoms with Crippen LogP contribution in [0.25, 0.3) is 0 Å². The van der Waals surface area contributed by atoms with Gasteiger partial charge in [0, 0.05) is 12.2 Å². The maximum Gasteiger partial charge on any atom is 0.253 e. The second-order valence-corrected chi connectivity index (χ2v) is 3.25. The van der Waals surface area contributed by atoms with Crippen LogP contribution in [0.2, 0.25) is 0 Å². The van der Waals surface area contributed by atoms with E-state index in [0.29, 0.717) is 0 Å². The molecule has 2 amide bonds. The molecular weight excluding hydrogens is 174 g/mol. The number of aliphatic hydroxyl groups excluding tert-OH is 1. The van der Waals surface area contributed by atoms with Gasteiger partial charge in [-0.3, -0.25) is 14.5 Å². The first kappa shape index (κ1) is 9.88. The third kappa shape index (κ3) is 2.13. The molecule has 1 atom stereocenters. The number of imide groups is 1. The Balaban J connectivity index is 2.65. The van der Waals surface area contributed by atoms with Crippen molar-refractivity contribution < 1.29 is 19.8 Å². The van der Waals surface area contributed by atoms with Crippen LogP contribution in [-0.2, 0) is 9.59 Å². The zero-order valence-corrected chi connectivity index (χ0v) is 7.23. The average molecular weight is 185 g/mol. The van der Waals surface area contributed by atoms with E-state index in [1.807, 2.05) is 0 Å². The Kier molecular flexibility index (Phi) is 2.49. The number of amides is 2. The molecule has 0 aromatic heterocycles. The van der Waals surface area contributed by atoms with Gasteiger partial charge in [-0.1, -0.05) is 0 Å². The molecule has 0 fully saturated rings. The Morgan fingerprint density at radius 2 is 1.85 bits per heavy atom. The van der Waals surface area contributed by atoms with E-state index in [9.17, 15) is 14.7 Å². The van der Waals surface area contributed by atoms with Crippen molar-refractivity contribution in [1.82, 2.24) is 4.90 Å². The second-order valence-electron chi connectivity index (χ2n) is 3.25. The molecule has 0 aromatic carbocycles.